The van der Waals surface area contributed by atoms with Crippen molar-refractivity contribution in [3.63, 3.8) is 0 Å². The van der Waals surface area contributed by atoms with E-state index in [1.807, 2.05) is 0 Å². The molecule has 2 aliphatic carbocycles. The van der Waals surface area contributed by atoms with E-state index in [1.165, 1.54) is 19.2 Å². The Morgan fingerprint density at radius 3 is 2.45 bits per heavy atom. The van der Waals surface area contributed by atoms with Crippen LogP contribution in [0.4, 0.5) is 0 Å². The summed E-state index contributed by atoms with van der Waals surface area (Å²) in [5.74, 6) is -2.56. The molecule has 4 aliphatic rings. The summed E-state index contributed by atoms with van der Waals surface area (Å²) in [5, 5.41) is 57.7. The number of phenols is 2. The van der Waals surface area contributed by atoms with Crippen LogP contribution in [0.5, 0.6) is 17.2 Å². The number of ether oxygens (including phenoxy) is 3. The van der Waals surface area contributed by atoms with Crippen molar-refractivity contribution in [1.82, 2.24) is 5.32 Å². The van der Waals surface area contributed by atoms with Gasteiger partial charge in [0.15, 0.2) is 5.78 Å². The molecule has 11 heteroatoms. The van der Waals surface area contributed by atoms with Crippen LogP contribution in [0, 0.1) is 0 Å². The molecule has 7 atom stereocenters. The Kier molecular flexibility index (Phi) is 5.30. The molecule has 6 rings (SSSR count). The fourth-order valence-electron chi connectivity index (χ4n) is 6.53. The lowest BCUT2D eigenvalue weighted by molar-refractivity contribution is -0.302. The highest BCUT2D eigenvalue weighted by Gasteiger charge is 2.58. The zero-order chi connectivity index (χ0) is 27.5. The molecule has 0 aromatic heterocycles. The van der Waals surface area contributed by atoms with Gasteiger partial charge >= 0.3 is 0 Å². The highest BCUT2D eigenvalue weighted by atomic mass is 16.7. The molecule has 0 spiro atoms. The minimum atomic E-state index is -1.50. The van der Waals surface area contributed by atoms with Gasteiger partial charge in [0.25, 0.3) is 0 Å². The van der Waals surface area contributed by atoms with Crippen molar-refractivity contribution < 1.29 is 49.3 Å². The average Bonchev–Trinajstić information content (AvgIpc) is 2.85. The van der Waals surface area contributed by atoms with Crippen molar-refractivity contribution in [3.05, 3.63) is 51.1 Å². The Balaban J connectivity index is 1.59. The number of methoxy groups -OCH3 is 1. The number of aliphatic hydroxyl groups is 3. The third-order valence-corrected chi connectivity index (χ3v) is 8.43. The second-order valence-corrected chi connectivity index (χ2v) is 11.0. The van der Waals surface area contributed by atoms with Gasteiger partial charge in [0.1, 0.15) is 35.1 Å². The summed E-state index contributed by atoms with van der Waals surface area (Å²) < 4.78 is 17.3. The molecule has 2 bridgehead atoms. The number of rotatable bonds is 2. The third kappa shape index (κ3) is 3.11. The number of carbonyl (C=O) groups excluding carboxylic acids is 2. The van der Waals surface area contributed by atoms with E-state index in [1.54, 1.807) is 20.9 Å². The first-order chi connectivity index (χ1) is 17.8. The number of phenolic OH excluding ortho intramolecular Hbond substituents is 2. The number of likely N-dealkylation sites (N-methyl/N-ethyl adjacent to an activating group) is 1. The number of benzene rings is 2. The Labute approximate surface area is 217 Å². The van der Waals surface area contributed by atoms with E-state index < -0.39 is 64.9 Å². The quantitative estimate of drug-likeness (QED) is 0.274. The summed E-state index contributed by atoms with van der Waals surface area (Å²) >= 11 is 0. The maximum absolute atomic E-state index is 14.0. The van der Waals surface area contributed by atoms with E-state index in [4.69, 9.17) is 14.2 Å². The van der Waals surface area contributed by atoms with Crippen molar-refractivity contribution in [2.24, 2.45) is 0 Å². The number of carbonyl (C=O) groups is 2. The Morgan fingerprint density at radius 1 is 1.08 bits per heavy atom. The van der Waals surface area contributed by atoms with Gasteiger partial charge in [0.2, 0.25) is 12.1 Å². The van der Waals surface area contributed by atoms with Gasteiger partial charge in [-0.05, 0) is 38.6 Å². The van der Waals surface area contributed by atoms with Crippen LogP contribution in [0.3, 0.4) is 0 Å². The van der Waals surface area contributed by atoms with Gasteiger partial charge in [-0.2, -0.15) is 0 Å². The number of hydrogen-bond acceptors (Lipinski definition) is 11. The molecular weight excluding hydrogens is 498 g/mol. The van der Waals surface area contributed by atoms with Gasteiger partial charge in [0, 0.05) is 36.6 Å². The van der Waals surface area contributed by atoms with Crippen LogP contribution in [0.25, 0.3) is 0 Å². The fourth-order valence-corrected chi connectivity index (χ4v) is 6.53. The molecule has 2 aliphatic heterocycles. The lowest BCUT2D eigenvalue weighted by Gasteiger charge is -2.52. The first-order valence-electron chi connectivity index (χ1n) is 12.4. The molecule has 38 heavy (non-hydrogen) atoms. The minimum Gasteiger partial charge on any atom is -0.507 e. The van der Waals surface area contributed by atoms with Crippen LogP contribution in [0.2, 0.25) is 0 Å². The van der Waals surface area contributed by atoms with Crippen LogP contribution in [-0.4, -0.2) is 81.4 Å². The van der Waals surface area contributed by atoms with E-state index in [2.05, 4.69) is 5.32 Å². The van der Waals surface area contributed by atoms with E-state index in [-0.39, 0.29) is 46.4 Å². The monoisotopic (exact) mass is 527 g/mol. The average molecular weight is 528 g/mol. The standard InChI is InChI=1S/C27H29NO10/c1-26(35)7-9-5-10-15(20(31)14(9)13(8-26)36-4)21(32)16-12(29)6-11-23(17(16)19(10)30)37-25-22(33)18(28-3)24(34)27(11,2)38-25/h5-6,13,18,22,24-25,28-29,31,33-35H,7-8H2,1-4H3. The molecule has 2 heterocycles. The number of fused-ring (bicyclic) bond motifs is 8. The van der Waals surface area contributed by atoms with Crippen LogP contribution < -0.4 is 10.1 Å². The summed E-state index contributed by atoms with van der Waals surface area (Å²) in [7, 11) is 2.98. The van der Waals surface area contributed by atoms with Crippen LogP contribution in [0.15, 0.2) is 12.1 Å². The Hall–Kier alpha value is -3.06. The zero-order valence-electron chi connectivity index (χ0n) is 21.2. The second-order valence-electron chi connectivity index (χ2n) is 11.0. The van der Waals surface area contributed by atoms with Crippen LogP contribution in [-0.2, 0) is 21.5 Å². The lowest BCUT2D eigenvalue weighted by Crippen LogP contribution is -2.68. The van der Waals surface area contributed by atoms with E-state index >= 15 is 0 Å². The second kappa shape index (κ2) is 7.98. The Morgan fingerprint density at radius 2 is 1.79 bits per heavy atom. The van der Waals surface area contributed by atoms with Crippen molar-refractivity contribution >= 4 is 11.6 Å². The van der Waals surface area contributed by atoms with Crippen molar-refractivity contribution in [2.45, 2.75) is 68.5 Å². The molecular formula is C27H29NO10. The summed E-state index contributed by atoms with van der Waals surface area (Å²) in [6, 6.07) is 1.83. The summed E-state index contributed by atoms with van der Waals surface area (Å²) in [6.07, 6.45) is -4.32. The maximum atomic E-state index is 14.0. The number of hydrogen-bond donors (Lipinski definition) is 6. The zero-order valence-corrected chi connectivity index (χ0v) is 21.2. The molecule has 2 aromatic rings. The number of nitrogens with one attached hydrogen (secondary N) is 1. The number of ketones is 2. The first-order valence-corrected chi connectivity index (χ1v) is 12.4. The van der Waals surface area contributed by atoms with Gasteiger partial charge < -0.3 is 45.1 Å². The van der Waals surface area contributed by atoms with Crippen molar-refractivity contribution in [1.29, 1.82) is 0 Å². The minimum absolute atomic E-state index is 0.0906. The number of aliphatic hydroxyl groups excluding tert-OH is 2. The van der Waals surface area contributed by atoms with E-state index in [0.717, 1.165) is 0 Å². The molecule has 1 fully saturated rings. The molecule has 0 amide bonds. The van der Waals surface area contributed by atoms with E-state index in [0.29, 0.717) is 11.1 Å². The van der Waals surface area contributed by atoms with Gasteiger partial charge in [0.05, 0.1) is 34.4 Å². The highest BCUT2D eigenvalue weighted by molar-refractivity contribution is 6.31. The molecule has 7 unspecified atom stereocenters. The first kappa shape index (κ1) is 25.2. The SMILES string of the molecule is CNC1C(O)C2Oc3c(cc(O)c4c3C(=O)c3cc5c(c(O)c3C4=O)C(OC)CC(C)(O)C5)C(C)(O2)C1O. The predicted octanol–water partition coefficient (Wildman–Crippen LogP) is 0.532. The number of aromatic hydroxyl groups is 2. The molecule has 6 N–H and O–H groups in total. The van der Waals surface area contributed by atoms with Crippen molar-refractivity contribution in [3.8, 4) is 17.2 Å². The molecule has 0 saturated carbocycles. The molecule has 2 aromatic carbocycles. The van der Waals surface area contributed by atoms with Crippen molar-refractivity contribution in [2.75, 3.05) is 14.2 Å². The smallest absolute Gasteiger partial charge is 0.228 e. The van der Waals surface area contributed by atoms with Gasteiger partial charge in [-0.15, -0.1) is 0 Å². The van der Waals surface area contributed by atoms with Crippen LogP contribution >= 0.6 is 0 Å². The lowest BCUT2D eigenvalue weighted by atomic mass is 9.72. The molecule has 202 valence electrons. The van der Waals surface area contributed by atoms with Crippen LogP contribution in [0.1, 0.15) is 74.9 Å². The van der Waals surface area contributed by atoms with Gasteiger partial charge in [-0.25, -0.2) is 0 Å². The highest BCUT2D eigenvalue weighted by Crippen LogP contribution is 2.54. The van der Waals surface area contributed by atoms with Gasteiger partial charge in [-0.1, -0.05) is 0 Å². The predicted molar refractivity (Wildman–Crippen MR) is 129 cm³/mol. The van der Waals surface area contributed by atoms with Gasteiger partial charge in [-0.3, -0.25) is 9.59 Å². The molecule has 1 saturated heterocycles. The van der Waals surface area contributed by atoms with E-state index in [9.17, 15) is 35.1 Å². The third-order valence-electron chi connectivity index (χ3n) is 8.43. The largest absolute Gasteiger partial charge is 0.507 e. The molecule has 0 radical (unpaired) electrons. The topological polar surface area (TPSA) is 175 Å². The molecule has 11 nitrogen and oxygen atoms in total. The summed E-state index contributed by atoms with van der Waals surface area (Å²) in [5.41, 5.74) is -2.74. The Bertz CT molecular complexity index is 1420. The fraction of sp³-hybridized carbons (Fsp3) is 0.481. The normalized spacial score (nSPS) is 35.1. The maximum Gasteiger partial charge on any atom is 0.228 e. The summed E-state index contributed by atoms with van der Waals surface area (Å²) in [6.45, 7) is 3.17. The summed E-state index contributed by atoms with van der Waals surface area (Å²) in [4.78, 5) is 27.8.